The van der Waals surface area contributed by atoms with Crippen LogP contribution in [0.4, 0.5) is 17.6 Å². The number of nitrogens with one attached hydrogen (secondary N) is 1. The molecule has 0 aliphatic carbocycles. The van der Waals surface area contributed by atoms with Crippen molar-refractivity contribution in [3.05, 3.63) is 70.8 Å². The molecule has 0 aromatic heterocycles. The molecule has 2 aromatic rings. The molecule has 0 bridgehead atoms. The average Bonchev–Trinajstić information content (AvgIpc) is 2.39. The summed E-state index contributed by atoms with van der Waals surface area (Å²) in [6, 6.07) is 5.51. The molecule has 2 rings (SSSR count). The smallest absolute Gasteiger partial charge is 0.163 e. The van der Waals surface area contributed by atoms with Gasteiger partial charge in [0.05, 0.1) is 6.04 Å². The summed E-state index contributed by atoms with van der Waals surface area (Å²) in [5.41, 5.74) is -0.154. The molecule has 0 spiro atoms. The normalized spacial score (nSPS) is 12.5. The second kappa shape index (κ2) is 5.40. The van der Waals surface area contributed by atoms with E-state index in [2.05, 4.69) is 5.32 Å². The molecule has 1 atom stereocenters. The van der Waals surface area contributed by atoms with Crippen LogP contribution in [0.15, 0.2) is 36.4 Å². The van der Waals surface area contributed by atoms with Crippen LogP contribution < -0.4 is 5.32 Å². The van der Waals surface area contributed by atoms with Crippen LogP contribution in [0.3, 0.4) is 0 Å². The van der Waals surface area contributed by atoms with Crippen molar-refractivity contribution in [3.63, 3.8) is 0 Å². The lowest BCUT2D eigenvalue weighted by molar-refractivity contribution is 0.481. The van der Waals surface area contributed by atoms with E-state index in [0.29, 0.717) is 0 Å². The Morgan fingerprint density at radius 3 is 2.32 bits per heavy atom. The van der Waals surface area contributed by atoms with Gasteiger partial charge in [0.15, 0.2) is 11.6 Å². The van der Waals surface area contributed by atoms with Gasteiger partial charge in [-0.1, -0.05) is 12.1 Å². The summed E-state index contributed by atoms with van der Waals surface area (Å²) in [7, 11) is 1.46. The van der Waals surface area contributed by atoms with Crippen LogP contribution in [0.1, 0.15) is 17.2 Å². The zero-order valence-electron chi connectivity index (χ0n) is 10.1. The van der Waals surface area contributed by atoms with Crippen LogP contribution in [-0.2, 0) is 0 Å². The van der Waals surface area contributed by atoms with Crippen LogP contribution in [0.5, 0.6) is 0 Å². The van der Waals surface area contributed by atoms with Crippen LogP contribution in [0.25, 0.3) is 0 Å². The first kappa shape index (κ1) is 13.5. The molecule has 0 aliphatic heterocycles. The van der Waals surface area contributed by atoms with Crippen molar-refractivity contribution in [1.29, 1.82) is 0 Å². The van der Waals surface area contributed by atoms with E-state index in [0.717, 1.165) is 24.3 Å². The van der Waals surface area contributed by atoms with E-state index in [4.69, 9.17) is 0 Å². The Morgan fingerprint density at radius 1 is 0.895 bits per heavy atom. The van der Waals surface area contributed by atoms with Gasteiger partial charge in [0.1, 0.15) is 11.6 Å². The molecule has 1 N–H and O–H groups in total. The molecule has 0 aliphatic rings. The lowest BCUT2D eigenvalue weighted by Crippen LogP contribution is -2.20. The molecule has 5 heteroatoms. The SMILES string of the molecule is CNC(c1cc(F)ccc1F)c1cccc(F)c1F. The van der Waals surface area contributed by atoms with Crippen molar-refractivity contribution in [2.45, 2.75) is 6.04 Å². The van der Waals surface area contributed by atoms with Gasteiger partial charge < -0.3 is 5.32 Å². The highest BCUT2D eigenvalue weighted by atomic mass is 19.2. The Kier molecular flexibility index (Phi) is 3.85. The molecule has 0 saturated carbocycles. The second-order valence-electron chi connectivity index (χ2n) is 4.03. The third-order valence-electron chi connectivity index (χ3n) is 2.85. The maximum absolute atomic E-state index is 13.7. The molecule has 0 saturated heterocycles. The summed E-state index contributed by atoms with van der Waals surface area (Å²) < 4.78 is 53.8. The highest BCUT2D eigenvalue weighted by molar-refractivity contribution is 5.34. The molecule has 1 unspecified atom stereocenters. The van der Waals surface area contributed by atoms with Crippen molar-refractivity contribution in [3.8, 4) is 0 Å². The summed E-state index contributed by atoms with van der Waals surface area (Å²) in [6.45, 7) is 0. The first-order chi connectivity index (χ1) is 9.04. The van der Waals surface area contributed by atoms with Gasteiger partial charge in [-0.05, 0) is 31.3 Å². The minimum Gasteiger partial charge on any atom is -0.309 e. The van der Waals surface area contributed by atoms with Gasteiger partial charge >= 0.3 is 0 Å². The van der Waals surface area contributed by atoms with Crippen molar-refractivity contribution < 1.29 is 17.6 Å². The third-order valence-corrected chi connectivity index (χ3v) is 2.85. The Bertz CT molecular complexity index is 596. The maximum atomic E-state index is 13.7. The van der Waals surface area contributed by atoms with Gasteiger partial charge in [-0.25, -0.2) is 17.6 Å². The van der Waals surface area contributed by atoms with Crippen LogP contribution >= 0.6 is 0 Å². The highest BCUT2D eigenvalue weighted by Gasteiger charge is 2.21. The standard InChI is InChI=1S/C14H11F4N/c1-19-14(9-3-2-4-12(17)13(9)18)10-7-8(15)5-6-11(10)16/h2-7,14,19H,1H3. The molecular formula is C14H11F4N. The summed E-state index contributed by atoms with van der Waals surface area (Å²) in [5, 5.41) is 2.66. The molecule has 0 heterocycles. The second-order valence-corrected chi connectivity index (χ2v) is 4.03. The van der Waals surface area contributed by atoms with Crippen LogP contribution in [-0.4, -0.2) is 7.05 Å². The lowest BCUT2D eigenvalue weighted by Gasteiger charge is -2.18. The number of hydrogen-bond donors (Lipinski definition) is 1. The maximum Gasteiger partial charge on any atom is 0.163 e. The Hall–Kier alpha value is -1.88. The fourth-order valence-electron chi connectivity index (χ4n) is 1.96. The monoisotopic (exact) mass is 269 g/mol. The number of benzene rings is 2. The molecule has 0 fully saturated rings. The molecule has 0 amide bonds. The molecule has 2 aromatic carbocycles. The van der Waals surface area contributed by atoms with Gasteiger partial charge in [-0.3, -0.25) is 0 Å². The van der Waals surface area contributed by atoms with Gasteiger partial charge in [0, 0.05) is 11.1 Å². The van der Waals surface area contributed by atoms with Gasteiger partial charge in [-0.15, -0.1) is 0 Å². The Morgan fingerprint density at radius 2 is 1.63 bits per heavy atom. The topological polar surface area (TPSA) is 12.0 Å². The van der Waals surface area contributed by atoms with Gasteiger partial charge in [0.25, 0.3) is 0 Å². The van der Waals surface area contributed by atoms with Crippen molar-refractivity contribution in [2.24, 2.45) is 0 Å². The lowest BCUT2D eigenvalue weighted by atomic mass is 9.97. The number of rotatable bonds is 3. The Labute approximate surface area is 107 Å². The predicted molar refractivity (Wildman–Crippen MR) is 63.6 cm³/mol. The van der Waals surface area contributed by atoms with Crippen LogP contribution in [0.2, 0.25) is 0 Å². The van der Waals surface area contributed by atoms with E-state index in [1.54, 1.807) is 0 Å². The molecule has 100 valence electrons. The molecule has 19 heavy (non-hydrogen) atoms. The quantitative estimate of drug-likeness (QED) is 0.840. The Balaban J connectivity index is 2.56. The van der Waals surface area contributed by atoms with Gasteiger partial charge in [0.2, 0.25) is 0 Å². The van der Waals surface area contributed by atoms with E-state index < -0.39 is 29.3 Å². The number of halogens is 4. The zero-order valence-corrected chi connectivity index (χ0v) is 10.1. The average molecular weight is 269 g/mol. The third kappa shape index (κ3) is 2.61. The zero-order chi connectivity index (χ0) is 14.0. The van der Waals surface area contributed by atoms with Gasteiger partial charge in [-0.2, -0.15) is 0 Å². The van der Waals surface area contributed by atoms with E-state index in [-0.39, 0.29) is 11.1 Å². The fourth-order valence-corrected chi connectivity index (χ4v) is 1.96. The first-order valence-corrected chi connectivity index (χ1v) is 5.60. The summed E-state index contributed by atoms with van der Waals surface area (Å²) in [4.78, 5) is 0. The highest BCUT2D eigenvalue weighted by Crippen LogP contribution is 2.27. The summed E-state index contributed by atoms with van der Waals surface area (Å²) >= 11 is 0. The van der Waals surface area contributed by atoms with Crippen molar-refractivity contribution in [1.82, 2.24) is 5.32 Å². The first-order valence-electron chi connectivity index (χ1n) is 5.60. The largest absolute Gasteiger partial charge is 0.309 e. The fraction of sp³-hybridized carbons (Fsp3) is 0.143. The molecular weight excluding hydrogens is 258 g/mol. The summed E-state index contributed by atoms with van der Waals surface area (Å²) in [6.07, 6.45) is 0. The van der Waals surface area contributed by atoms with E-state index >= 15 is 0 Å². The minimum atomic E-state index is -1.08. The van der Waals surface area contributed by atoms with Crippen molar-refractivity contribution >= 4 is 0 Å². The molecule has 0 radical (unpaired) electrons. The minimum absolute atomic E-state index is 0.0769. The van der Waals surface area contributed by atoms with Crippen molar-refractivity contribution in [2.75, 3.05) is 7.05 Å². The van der Waals surface area contributed by atoms with E-state index in [9.17, 15) is 17.6 Å². The van der Waals surface area contributed by atoms with E-state index in [1.807, 2.05) is 0 Å². The predicted octanol–water partition coefficient (Wildman–Crippen LogP) is 3.55. The molecule has 1 nitrogen and oxygen atoms in total. The number of hydrogen-bond acceptors (Lipinski definition) is 1. The summed E-state index contributed by atoms with van der Waals surface area (Å²) in [5.74, 6) is -3.45. The van der Waals surface area contributed by atoms with Crippen LogP contribution in [0, 0.1) is 23.3 Å². The van der Waals surface area contributed by atoms with E-state index in [1.165, 1.54) is 19.2 Å².